The van der Waals surface area contributed by atoms with Crippen LogP contribution in [0.5, 0.6) is 0 Å². The van der Waals surface area contributed by atoms with Crippen molar-refractivity contribution < 1.29 is 13.1 Å². The van der Waals surface area contributed by atoms with Gasteiger partial charge in [0.2, 0.25) is 0 Å². The third-order valence-corrected chi connectivity index (χ3v) is 3.50. The topological polar surface area (TPSA) is 35.5 Å². The molecule has 1 fully saturated rings. The second-order valence-electron chi connectivity index (χ2n) is 3.53. The summed E-state index contributed by atoms with van der Waals surface area (Å²) in [4.78, 5) is 0. The molecule has 5 heteroatoms. The minimum absolute atomic E-state index is 0. The molecule has 0 spiro atoms. The number of benzene rings is 1. The number of hydrogen-bond acceptors (Lipinski definition) is 3. The van der Waals surface area contributed by atoms with Crippen molar-refractivity contribution in [2.75, 3.05) is 6.79 Å². The molecule has 1 saturated carbocycles. The average molecular weight is 249 g/mol. The van der Waals surface area contributed by atoms with E-state index in [1.807, 2.05) is 30.3 Å². The zero-order chi connectivity index (χ0) is 10.5. The standard InChI is InChI=1S/C11H14O3S.Na/c12-15(11-6-7-11)14-9-13-8-10-4-2-1-3-5-10;/h1-5,11H,6-9H2;. The first-order chi connectivity index (χ1) is 7.36. The van der Waals surface area contributed by atoms with Crippen LogP contribution in [-0.2, 0) is 26.6 Å². The SMILES string of the molecule is O=S(OCOCc1ccccc1)C1CC1.[Na]. The molecule has 1 aliphatic carbocycles. The minimum Gasteiger partial charge on any atom is -0.350 e. The first-order valence-corrected chi connectivity index (χ1v) is 6.15. The molecule has 1 aromatic carbocycles. The third kappa shape index (κ3) is 5.08. The van der Waals surface area contributed by atoms with E-state index in [1.165, 1.54) is 0 Å². The Hall–Kier alpha value is 0.290. The number of hydrogen-bond donors (Lipinski definition) is 0. The van der Waals surface area contributed by atoms with Crippen LogP contribution in [0.4, 0.5) is 0 Å². The summed E-state index contributed by atoms with van der Waals surface area (Å²) in [6.45, 7) is 0.612. The van der Waals surface area contributed by atoms with Crippen molar-refractivity contribution in [1.82, 2.24) is 0 Å². The maximum absolute atomic E-state index is 11.2. The van der Waals surface area contributed by atoms with E-state index >= 15 is 0 Å². The van der Waals surface area contributed by atoms with Crippen LogP contribution in [0.15, 0.2) is 30.3 Å². The van der Waals surface area contributed by atoms with E-state index in [2.05, 4.69) is 0 Å². The smallest absolute Gasteiger partial charge is 0.163 e. The van der Waals surface area contributed by atoms with Gasteiger partial charge in [-0.25, -0.2) is 4.21 Å². The van der Waals surface area contributed by atoms with Crippen LogP contribution in [0.2, 0.25) is 0 Å². The van der Waals surface area contributed by atoms with Crippen LogP contribution in [0.25, 0.3) is 0 Å². The second-order valence-corrected chi connectivity index (χ2v) is 4.95. The Morgan fingerprint density at radius 2 is 1.94 bits per heavy atom. The molecule has 2 rings (SSSR count). The van der Waals surface area contributed by atoms with Crippen LogP contribution in [0.3, 0.4) is 0 Å². The van der Waals surface area contributed by atoms with E-state index in [1.54, 1.807) is 0 Å². The molecule has 1 radical (unpaired) electrons. The molecule has 0 amide bonds. The van der Waals surface area contributed by atoms with E-state index in [0.29, 0.717) is 6.61 Å². The van der Waals surface area contributed by atoms with Gasteiger partial charge in [-0.2, -0.15) is 0 Å². The van der Waals surface area contributed by atoms with Crippen molar-refractivity contribution in [2.24, 2.45) is 0 Å². The van der Waals surface area contributed by atoms with Gasteiger partial charge in [0.1, 0.15) is 0 Å². The first kappa shape index (κ1) is 14.4. The largest absolute Gasteiger partial charge is 0.350 e. The summed E-state index contributed by atoms with van der Waals surface area (Å²) < 4.78 is 21.5. The van der Waals surface area contributed by atoms with Crippen LogP contribution in [0.1, 0.15) is 18.4 Å². The molecule has 0 heterocycles. The van der Waals surface area contributed by atoms with Gasteiger partial charge in [0.15, 0.2) is 17.9 Å². The van der Waals surface area contributed by atoms with E-state index in [4.69, 9.17) is 8.92 Å². The minimum atomic E-state index is -1.14. The molecule has 1 aliphatic rings. The molecular weight excluding hydrogens is 235 g/mol. The zero-order valence-electron chi connectivity index (χ0n) is 9.43. The van der Waals surface area contributed by atoms with E-state index in [-0.39, 0.29) is 41.6 Å². The summed E-state index contributed by atoms with van der Waals surface area (Å²) in [6.07, 6.45) is 2.04. The molecular formula is C11H14NaO3S. The first-order valence-electron chi connectivity index (χ1n) is 5.02. The molecule has 3 nitrogen and oxygen atoms in total. The maximum atomic E-state index is 11.2. The van der Waals surface area contributed by atoms with Gasteiger partial charge in [-0.15, -0.1) is 0 Å². The quantitative estimate of drug-likeness (QED) is 0.436. The van der Waals surface area contributed by atoms with Crippen LogP contribution < -0.4 is 0 Å². The van der Waals surface area contributed by atoms with Crippen molar-refractivity contribution in [2.45, 2.75) is 24.7 Å². The summed E-state index contributed by atoms with van der Waals surface area (Å²) in [5, 5.41) is 0.255. The van der Waals surface area contributed by atoms with Gasteiger partial charge >= 0.3 is 0 Å². The van der Waals surface area contributed by atoms with Crippen molar-refractivity contribution in [1.29, 1.82) is 0 Å². The number of rotatable bonds is 6. The summed E-state index contributed by atoms with van der Waals surface area (Å²) in [5.41, 5.74) is 1.10. The third-order valence-electron chi connectivity index (χ3n) is 2.16. The Morgan fingerprint density at radius 1 is 1.25 bits per heavy atom. The fourth-order valence-corrected chi connectivity index (χ4v) is 2.05. The normalized spacial score (nSPS) is 16.5. The summed E-state index contributed by atoms with van der Waals surface area (Å²) in [7, 11) is 0. The van der Waals surface area contributed by atoms with Gasteiger partial charge in [0, 0.05) is 29.6 Å². The Morgan fingerprint density at radius 3 is 2.56 bits per heavy atom. The Kier molecular flexibility index (Phi) is 6.80. The predicted octanol–water partition coefficient (Wildman–Crippen LogP) is 1.62. The van der Waals surface area contributed by atoms with Crippen LogP contribution >= 0.6 is 0 Å². The fourth-order valence-electron chi connectivity index (χ4n) is 1.17. The average Bonchev–Trinajstić information content (AvgIpc) is 3.09. The van der Waals surface area contributed by atoms with Crippen molar-refractivity contribution in [3.8, 4) is 0 Å². The Labute approximate surface area is 120 Å². The van der Waals surface area contributed by atoms with Gasteiger partial charge < -0.3 is 4.74 Å². The van der Waals surface area contributed by atoms with Gasteiger partial charge in [-0.05, 0) is 18.4 Å². The monoisotopic (exact) mass is 249 g/mol. The summed E-state index contributed by atoms with van der Waals surface area (Å²) in [6, 6.07) is 9.85. The summed E-state index contributed by atoms with van der Waals surface area (Å²) >= 11 is -1.14. The predicted molar refractivity (Wildman–Crippen MR) is 64.1 cm³/mol. The molecule has 83 valence electrons. The van der Waals surface area contributed by atoms with Crippen LogP contribution in [-0.4, -0.2) is 45.8 Å². The molecule has 1 unspecified atom stereocenters. The van der Waals surface area contributed by atoms with Crippen molar-refractivity contribution in [3.63, 3.8) is 0 Å². The van der Waals surface area contributed by atoms with E-state index < -0.39 is 11.1 Å². The molecule has 0 bridgehead atoms. The van der Waals surface area contributed by atoms with Gasteiger partial charge in [-0.1, -0.05) is 30.3 Å². The fraction of sp³-hybridized carbons (Fsp3) is 0.455. The Balaban J connectivity index is 0.00000128. The number of ether oxygens (including phenoxy) is 1. The molecule has 1 atom stereocenters. The second kappa shape index (κ2) is 7.58. The van der Waals surface area contributed by atoms with Crippen LogP contribution in [0, 0.1) is 0 Å². The van der Waals surface area contributed by atoms with Crippen molar-refractivity contribution >= 4 is 40.6 Å². The maximum Gasteiger partial charge on any atom is 0.163 e. The van der Waals surface area contributed by atoms with E-state index in [9.17, 15) is 4.21 Å². The molecule has 0 aliphatic heterocycles. The van der Waals surface area contributed by atoms with Crippen molar-refractivity contribution in [3.05, 3.63) is 35.9 Å². The molecule has 1 aromatic rings. The van der Waals surface area contributed by atoms with E-state index in [0.717, 1.165) is 18.4 Å². The molecule has 0 aromatic heterocycles. The van der Waals surface area contributed by atoms with Gasteiger partial charge in [-0.3, -0.25) is 4.18 Å². The Bertz CT molecular complexity index is 327. The summed E-state index contributed by atoms with van der Waals surface area (Å²) in [5.74, 6) is 0. The van der Waals surface area contributed by atoms with Gasteiger partial charge in [0.25, 0.3) is 0 Å². The molecule has 0 N–H and O–H groups in total. The van der Waals surface area contributed by atoms with Gasteiger partial charge in [0.05, 0.1) is 11.9 Å². The zero-order valence-corrected chi connectivity index (χ0v) is 12.2. The molecule has 0 saturated heterocycles. The molecule has 16 heavy (non-hydrogen) atoms.